The van der Waals surface area contributed by atoms with Crippen molar-refractivity contribution in [1.82, 2.24) is 10.3 Å². The number of likely N-dealkylation sites (N-methyl/N-ethyl adjacent to an activating group) is 1. The van der Waals surface area contributed by atoms with E-state index < -0.39 is 0 Å². The maximum absolute atomic E-state index is 5.85. The van der Waals surface area contributed by atoms with E-state index in [0.29, 0.717) is 0 Å². The van der Waals surface area contributed by atoms with Gasteiger partial charge in [-0.05, 0) is 31.2 Å². The van der Waals surface area contributed by atoms with Crippen LogP contribution in [0.4, 0.5) is 0 Å². The van der Waals surface area contributed by atoms with Crippen molar-refractivity contribution in [2.75, 3.05) is 6.54 Å². The first-order valence-electron chi connectivity index (χ1n) is 7.40. The molecule has 0 saturated heterocycles. The molecule has 3 heteroatoms. The molecule has 0 aliphatic carbocycles. The highest BCUT2D eigenvalue weighted by Gasteiger charge is 2.15. The first kappa shape index (κ1) is 13.8. The first-order chi connectivity index (χ1) is 10.3. The van der Waals surface area contributed by atoms with Gasteiger partial charge in [0.1, 0.15) is 5.52 Å². The number of rotatable bonds is 5. The number of nitrogens with one attached hydrogen (secondary N) is 1. The average molecular weight is 280 g/mol. The normalized spacial score (nSPS) is 12.7. The predicted molar refractivity (Wildman–Crippen MR) is 85.3 cm³/mol. The Morgan fingerprint density at radius 1 is 1.14 bits per heavy atom. The number of oxazole rings is 1. The summed E-state index contributed by atoms with van der Waals surface area (Å²) in [5.74, 6) is 0.781. The van der Waals surface area contributed by atoms with Crippen LogP contribution in [-0.2, 0) is 6.42 Å². The van der Waals surface area contributed by atoms with Crippen molar-refractivity contribution in [3.8, 4) is 0 Å². The Bertz CT molecular complexity index is 700. The molecule has 0 aliphatic rings. The van der Waals surface area contributed by atoms with Gasteiger partial charge in [-0.2, -0.15) is 0 Å². The number of para-hydroxylation sites is 2. The Kier molecular flexibility index (Phi) is 4.02. The van der Waals surface area contributed by atoms with Crippen LogP contribution in [0.5, 0.6) is 0 Å². The summed E-state index contributed by atoms with van der Waals surface area (Å²) in [5, 5.41) is 3.52. The molecule has 3 rings (SSSR count). The Hall–Kier alpha value is -2.13. The Morgan fingerprint density at radius 2 is 2.00 bits per heavy atom. The number of aryl methyl sites for hydroxylation is 1. The third-order valence-corrected chi connectivity index (χ3v) is 3.61. The summed E-state index contributed by atoms with van der Waals surface area (Å²) < 4.78 is 5.85. The highest BCUT2D eigenvalue weighted by Crippen LogP contribution is 2.22. The van der Waals surface area contributed by atoms with Gasteiger partial charge in [0.2, 0.25) is 0 Å². The van der Waals surface area contributed by atoms with Crippen molar-refractivity contribution in [3.05, 3.63) is 65.5 Å². The predicted octanol–water partition coefficient (Wildman–Crippen LogP) is 4.03. The van der Waals surface area contributed by atoms with Gasteiger partial charge < -0.3 is 9.73 Å². The number of benzene rings is 2. The first-order valence-corrected chi connectivity index (χ1v) is 7.40. The molecule has 0 spiro atoms. The zero-order valence-corrected chi connectivity index (χ0v) is 12.5. The highest BCUT2D eigenvalue weighted by atomic mass is 16.3. The van der Waals surface area contributed by atoms with E-state index >= 15 is 0 Å². The van der Waals surface area contributed by atoms with Crippen LogP contribution in [-0.4, -0.2) is 11.5 Å². The summed E-state index contributed by atoms with van der Waals surface area (Å²) >= 11 is 0. The molecule has 1 N–H and O–H groups in total. The van der Waals surface area contributed by atoms with Gasteiger partial charge in [0.25, 0.3) is 0 Å². The molecule has 0 amide bonds. The summed E-state index contributed by atoms with van der Waals surface area (Å²) in [4.78, 5) is 4.58. The summed E-state index contributed by atoms with van der Waals surface area (Å²) in [5.41, 5.74) is 4.33. The minimum Gasteiger partial charge on any atom is -0.441 e. The molecular formula is C18H20N2O. The van der Waals surface area contributed by atoms with E-state index in [1.807, 2.05) is 24.3 Å². The number of nitrogens with zero attached hydrogens (tertiary/aromatic N) is 1. The molecule has 0 bridgehead atoms. The average Bonchev–Trinajstić information content (AvgIpc) is 2.89. The summed E-state index contributed by atoms with van der Waals surface area (Å²) in [6.07, 6.45) is 0.756. The van der Waals surface area contributed by atoms with E-state index in [1.54, 1.807) is 0 Å². The summed E-state index contributed by atoms with van der Waals surface area (Å²) in [7, 11) is 0. The van der Waals surface area contributed by atoms with Crippen LogP contribution in [0.3, 0.4) is 0 Å². The highest BCUT2D eigenvalue weighted by molar-refractivity contribution is 5.72. The lowest BCUT2D eigenvalue weighted by atomic mass is 10.0. The van der Waals surface area contributed by atoms with E-state index in [-0.39, 0.29) is 6.04 Å². The fourth-order valence-corrected chi connectivity index (χ4v) is 2.62. The van der Waals surface area contributed by atoms with Crippen molar-refractivity contribution >= 4 is 11.1 Å². The Labute approximate surface area is 125 Å². The van der Waals surface area contributed by atoms with Crippen molar-refractivity contribution in [1.29, 1.82) is 0 Å². The van der Waals surface area contributed by atoms with Gasteiger partial charge >= 0.3 is 0 Å². The number of aromatic nitrogens is 1. The molecule has 21 heavy (non-hydrogen) atoms. The second-order valence-corrected chi connectivity index (χ2v) is 5.30. The molecule has 1 unspecified atom stereocenters. The second kappa shape index (κ2) is 6.10. The lowest BCUT2D eigenvalue weighted by Crippen LogP contribution is -2.23. The molecule has 0 fully saturated rings. The van der Waals surface area contributed by atoms with Crippen molar-refractivity contribution in [2.45, 2.75) is 26.3 Å². The second-order valence-electron chi connectivity index (χ2n) is 5.30. The largest absolute Gasteiger partial charge is 0.441 e. The van der Waals surface area contributed by atoms with E-state index in [0.717, 1.165) is 30.0 Å². The molecular weight excluding hydrogens is 260 g/mol. The van der Waals surface area contributed by atoms with Crippen molar-refractivity contribution in [3.63, 3.8) is 0 Å². The molecule has 108 valence electrons. The molecule has 2 aromatic carbocycles. The molecule has 1 heterocycles. The van der Waals surface area contributed by atoms with E-state index in [4.69, 9.17) is 4.42 Å². The minimum atomic E-state index is 0.225. The maximum atomic E-state index is 5.85. The summed E-state index contributed by atoms with van der Waals surface area (Å²) in [6, 6.07) is 16.7. The lowest BCUT2D eigenvalue weighted by molar-refractivity contribution is 0.460. The maximum Gasteiger partial charge on any atom is 0.197 e. The molecule has 3 nitrogen and oxygen atoms in total. The summed E-state index contributed by atoms with van der Waals surface area (Å²) in [6.45, 7) is 5.15. The van der Waals surface area contributed by atoms with Crippen LogP contribution in [0.25, 0.3) is 11.1 Å². The van der Waals surface area contributed by atoms with Gasteiger partial charge in [-0.1, -0.05) is 48.9 Å². The van der Waals surface area contributed by atoms with E-state index in [2.05, 4.69) is 48.4 Å². The van der Waals surface area contributed by atoms with Gasteiger partial charge in [-0.3, -0.25) is 0 Å². The Balaban J connectivity index is 1.87. The van der Waals surface area contributed by atoms with Crippen LogP contribution < -0.4 is 5.32 Å². The standard InChI is InChI=1S/C18H20N2O/c1-3-19-16(14-8-6-7-13(2)11-14)12-18-20-15-9-4-5-10-17(15)21-18/h4-11,16,19H,3,12H2,1-2H3. The number of fused-ring (bicyclic) bond motifs is 1. The molecule has 0 saturated carbocycles. The third kappa shape index (κ3) is 3.14. The quantitative estimate of drug-likeness (QED) is 0.766. The van der Waals surface area contributed by atoms with Gasteiger partial charge in [0.15, 0.2) is 11.5 Å². The van der Waals surface area contributed by atoms with Gasteiger partial charge in [0, 0.05) is 12.5 Å². The van der Waals surface area contributed by atoms with Gasteiger partial charge in [0.05, 0.1) is 0 Å². The molecule has 3 aromatic rings. The van der Waals surface area contributed by atoms with E-state index in [9.17, 15) is 0 Å². The van der Waals surface area contributed by atoms with Crippen LogP contribution in [0.2, 0.25) is 0 Å². The van der Waals surface area contributed by atoms with Crippen molar-refractivity contribution in [2.24, 2.45) is 0 Å². The fraction of sp³-hybridized carbons (Fsp3) is 0.278. The molecule has 0 aliphatic heterocycles. The van der Waals surface area contributed by atoms with Gasteiger partial charge in [-0.25, -0.2) is 4.98 Å². The third-order valence-electron chi connectivity index (χ3n) is 3.61. The Morgan fingerprint density at radius 3 is 2.76 bits per heavy atom. The van der Waals surface area contributed by atoms with Crippen LogP contribution in [0, 0.1) is 6.92 Å². The number of hydrogen-bond acceptors (Lipinski definition) is 3. The van der Waals surface area contributed by atoms with Crippen LogP contribution in [0.1, 0.15) is 30.0 Å². The number of hydrogen-bond donors (Lipinski definition) is 1. The molecule has 1 atom stereocenters. The topological polar surface area (TPSA) is 38.1 Å². The minimum absolute atomic E-state index is 0.225. The molecule has 0 radical (unpaired) electrons. The smallest absolute Gasteiger partial charge is 0.197 e. The van der Waals surface area contributed by atoms with Gasteiger partial charge in [-0.15, -0.1) is 0 Å². The SMILES string of the molecule is CCNC(Cc1nc2ccccc2o1)c1cccc(C)c1. The zero-order chi connectivity index (χ0) is 14.7. The molecule has 1 aromatic heterocycles. The van der Waals surface area contributed by atoms with Crippen molar-refractivity contribution < 1.29 is 4.42 Å². The zero-order valence-electron chi connectivity index (χ0n) is 12.5. The fourth-order valence-electron chi connectivity index (χ4n) is 2.62. The lowest BCUT2D eigenvalue weighted by Gasteiger charge is -2.17. The van der Waals surface area contributed by atoms with Crippen LogP contribution in [0.15, 0.2) is 52.9 Å². The van der Waals surface area contributed by atoms with Crippen LogP contribution >= 0.6 is 0 Å². The monoisotopic (exact) mass is 280 g/mol. The van der Waals surface area contributed by atoms with E-state index in [1.165, 1.54) is 11.1 Å².